The maximum Gasteiger partial charge on any atom is 0.195 e. The second-order valence-corrected chi connectivity index (χ2v) is 10.6. The lowest BCUT2D eigenvalue weighted by atomic mass is 10.2. The van der Waals surface area contributed by atoms with E-state index in [-0.39, 0.29) is 5.43 Å². The third kappa shape index (κ3) is 4.60. The van der Waals surface area contributed by atoms with Crippen LogP contribution in [0.25, 0.3) is 20.2 Å². The standard InChI is InChI=1S/C27H20O3S3/c1-29-17-6-5-7-18(14-17)32-26-13-11-20(16-23(26)30-2)31-19-10-12-25-22(15-19)27(28)21-8-3-4-9-24(21)33-25/h3-16H,1-2H3. The first-order valence-electron chi connectivity index (χ1n) is 10.3. The molecule has 0 saturated heterocycles. The van der Waals surface area contributed by atoms with Gasteiger partial charge < -0.3 is 9.47 Å². The maximum atomic E-state index is 13.0. The first-order chi connectivity index (χ1) is 16.1. The number of ether oxygens (including phenoxy) is 2. The zero-order valence-electron chi connectivity index (χ0n) is 18.0. The monoisotopic (exact) mass is 488 g/mol. The third-order valence-corrected chi connectivity index (χ3v) is 8.36. The van der Waals surface area contributed by atoms with Crippen LogP contribution < -0.4 is 14.9 Å². The number of methoxy groups -OCH3 is 2. The van der Waals surface area contributed by atoms with E-state index >= 15 is 0 Å². The molecular weight excluding hydrogens is 468 g/mol. The van der Waals surface area contributed by atoms with Gasteiger partial charge in [-0.05, 0) is 66.7 Å². The molecule has 0 radical (unpaired) electrons. The Kier molecular flexibility index (Phi) is 6.31. The Morgan fingerprint density at radius 3 is 2.27 bits per heavy atom. The molecule has 5 aromatic rings. The first-order valence-corrected chi connectivity index (χ1v) is 12.7. The van der Waals surface area contributed by atoms with Gasteiger partial charge in [-0.15, -0.1) is 11.3 Å². The summed E-state index contributed by atoms with van der Waals surface area (Å²) in [5.74, 6) is 1.64. The third-order valence-electron chi connectivity index (χ3n) is 5.19. The molecule has 1 heterocycles. The van der Waals surface area contributed by atoms with E-state index in [1.807, 2.05) is 60.7 Å². The molecule has 4 aromatic carbocycles. The minimum Gasteiger partial charge on any atom is -0.497 e. The zero-order chi connectivity index (χ0) is 22.8. The molecule has 0 unspecified atom stereocenters. The highest BCUT2D eigenvalue weighted by Gasteiger charge is 2.10. The average molecular weight is 489 g/mol. The molecule has 0 bridgehead atoms. The largest absolute Gasteiger partial charge is 0.497 e. The van der Waals surface area contributed by atoms with E-state index in [2.05, 4.69) is 24.3 Å². The van der Waals surface area contributed by atoms with Crippen molar-refractivity contribution in [2.24, 2.45) is 0 Å². The van der Waals surface area contributed by atoms with Gasteiger partial charge in [0.25, 0.3) is 0 Å². The van der Waals surface area contributed by atoms with E-state index in [9.17, 15) is 4.79 Å². The van der Waals surface area contributed by atoms with Crippen LogP contribution in [0.1, 0.15) is 0 Å². The van der Waals surface area contributed by atoms with Crippen molar-refractivity contribution in [1.82, 2.24) is 0 Å². The quantitative estimate of drug-likeness (QED) is 0.229. The predicted octanol–water partition coefficient (Wildman–Crippen LogP) is 7.73. The molecule has 0 spiro atoms. The second kappa shape index (κ2) is 9.51. The Labute approximate surface area is 204 Å². The fourth-order valence-electron chi connectivity index (χ4n) is 3.57. The summed E-state index contributed by atoms with van der Waals surface area (Å²) >= 11 is 4.91. The molecule has 0 aliphatic heterocycles. The molecule has 0 aliphatic carbocycles. The van der Waals surface area contributed by atoms with E-state index in [1.165, 1.54) is 0 Å². The molecule has 0 aliphatic rings. The molecule has 164 valence electrons. The molecule has 33 heavy (non-hydrogen) atoms. The smallest absolute Gasteiger partial charge is 0.195 e. The lowest BCUT2D eigenvalue weighted by Gasteiger charge is -2.11. The van der Waals surface area contributed by atoms with Gasteiger partial charge in [0.2, 0.25) is 0 Å². The normalized spacial score (nSPS) is 11.1. The summed E-state index contributed by atoms with van der Waals surface area (Å²) in [5, 5.41) is 1.54. The summed E-state index contributed by atoms with van der Waals surface area (Å²) in [6, 6.07) is 28.1. The number of hydrogen-bond donors (Lipinski definition) is 0. The summed E-state index contributed by atoms with van der Waals surface area (Å²) in [6.07, 6.45) is 0. The van der Waals surface area contributed by atoms with Gasteiger partial charge in [-0.2, -0.15) is 0 Å². The molecule has 0 saturated carbocycles. The van der Waals surface area contributed by atoms with Gasteiger partial charge in [0.05, 0.1) is 19.1 Å². The summed E-state index contributed by atoms with van der Waals surface area (Å²) in [6.45, 7) is 0. The highest BCUT2D eigenvalue weighted by molar-refractivity contribution is 8.00. The molecule has 5 rings (SSSR count). The molecule has 1 aromatic heterocycles. The van der Waals surface area contributed by atoms with Gasteiger partial charge >= 0.3 is 0 Å². The van der Waals surface area contributed by atoms with Crippen LogP contribution in [0.15, 0.2) is 109 Å². The van der Waals surface area contributed by atoms with Crippen molar-refractivity contribution in [3.63, 3.8) is 0 Å². The van der Waals surface area contributed by atoms with Crippen molar-refractivity contribution >= 4 is 55.0 Å². The molecule has 0 atom stereocenters. The fourth-order valence-corrected chi connectivity index (χ4v) is 6.46. The topological polar surface area (TPSA) is 35.5 Å². The second-order valence-electron chi connectivity index (χ2n) is 7.28. The number of hydrogen-bond acceptors (Lipinski definition) is 6. The van der Waals surface area contributed by atoms with E-state index in [4.69, 9.17) is 9.47 Å². The van der Waals surface area contributed by atoms with Gasteiger partial charge in [-0.1, -0.05) is 41.7 Å². The Balaban J connectivity index is 1.44. The maximum absolute atomic E-state index is 13.0. The predicted molar refractivity (Wildman–Crippen MR) is 140 cm³/mol. The fraction of sp³-hybridized carbons (Fsp3) is 0.0741. The minimum atomic E-state index is 0.0874. The van der Waals surface area contributed by atoms with Crippen LogP contribution in [0.2, 0.25) is 0 Å². The van der Waals surface area contributed by atoms with Crippen LogP contribution in [0, 0.1) is 0 Å². The van der Waals surface area contributed by atoms with Crippen molar-refractivity contribution < 1.29 is 9.47 Å². The molecule has 0 fully saturated rings. The summed E-state index contributed by atoms with van der Waals surface area (Å²) < 4.78 is 13.0. The van der Waals surface area contributed by atoms with Crippen LogP contribution in [-0.2, 0) is 0 Å². The van der Waals surface area contributed by atoms with Gasteiger partial charge in [-0.3, -0.25) is 4.79 Å². The summed E-state index contributed by atoms with van der Waals surface area (Å²) in [7, 11) is 3.35. The van der Waals surface area contributed by atoms with Gasteiger partial charge in [-0.25, -0.2) is 0 Å². The van der Waals surface area contributed by atoms with Crippen LogP contribution in [0.4, 0.5) is 0 Å². The average Bonchev–Trinajstić information content (AvgIpc) is 2.85. The molecule has 0 N–H and O–H groups in total. The van der Waals surface area contributed by atoms with Crippen LogP contribution in [0.3, 0.4) is 0 Å². The zero-order valence-corrected chi connectivity index (χ0v) is 20.5. The van der Waals surface area contributed by atoms with Crippen molar-refractivity contribution in [3.8, 4) is 11.5 Å². The van der Waals surface area contributed by atoms with Crippen LogP contribution in [-0.4, -0.2) is 14.2 Å². The van der Waals surface area contributed by atoms with Crippen molar-refractivity contribution in [3.05, 3.63) is 95.2 Å². The minimum absolute atomic E-state index is 0.0874. The highest BCUT2D eigenvalue weighted by Crippen LogP contribution is 2.40. The molecule has 6 heteroatoms. The molecule has 3 nitrogen and oxygen atoms in total. The number of fused-ring (bicyclic) bond motifs is 2. The van der Waals surface area contributed by atoms with Gasteiger partial charge in [0, 0.05) is 34.9 Å². The number of rotatable bonds is 6. The van der Waals surface area contributed by atoms with Crippen molar-refractivity contribution in [1.29, 1.82) is 0 Å². The van der Waals surface area contributed by atoms with E-state index in [0.717, 1.165) is 51.3 Å². The van der Waals surface area contributed by atoms with Gasteiger partial charge in [0.1, 0.15) is 11.5 Å². The summed E-state index contributed by atoms with van der Waals surface area (Å²) in [5.41, 5.74) is 0.0874. The molecule has 0 amide bonds. The summed E-state index contributed by atoms with van der Waals surface area (Å²) in [4.78, 5) is 17.2. The highest BCUT2D eigenvalue weighted by atomic mass is 32.2. The SMILES string of the molecule is COc1cccc(Sc2ccc(Sc3ccc4sc5ccccc5c(=O)c4c3)cc2OC)c1. The van der Waals surface area contributed by atoms with E-state index in [0.29, 0.717) is 0 Å². The molecular formula is C27H20O3S3. The van der Waals surface area contributed by atoms with E-state index < -0.39 is 0 Å². The first kappa shape index (κ1) is 21.9. The van der Waals surface area contributed by atoms with Crippen LogP contribution in [0.5, 0.6) is 11.5 Å². The van der Waals surface area contributed by atoms with E-state index in [1.54, 1.807) is 49.1 Å². The Bertz CT molecular complexity index is 1520. The Morgan fingerprint density at radius 2 is 1.42 bits per heavy atom. The van der Waals surface area contributed by atoms with Gasteiger partial charge in [0.15, 0.2) is 5.43 Å². The Morgan fingerprint density at radius 1 is 0.667 bits per heavy atom. The van der Waals surface area contributed by atoms with Crippen molar-refractivity contribution in [2.45, 2.75) is 19.6 Å². The lowest BCUT2D eigenvalue weighted by molar-refractivity contribution is 0.403. The lowest BCUT2D eigenvalue weighted by Crippen LogP contribution is -2.00. The Hall–Kier alpha value is -2.93. The van der Waals surface area contributed by atoms with Crippen molar-refractivity contribution in [2.75, 3.05) is 14.2 Å². The van der Waals surface area contributed by atoms with Crippen LogP contribution >= 0.6 is 34.9 Å². The number of benzene rings is 4.